The average molecular weight is 264 g/mol. The van der Waals surface area contributed by atoms with Crippen LogP contribution in [0.25, 0.3) is 0 Å². The largest absolute Gasteiger partial charge is 0.466 e. The van der Waals surface area contributed by atoms with E-state index in [0.29, 0.717) is 17.6 Å². The van der Waals surface area contributed by atoms with E-state index in [-0.39, 0.29) is 11.9 Å². The lowest BCUT2D eigenvalue weighted by molar-refractivity contribution is -0.136. The van der Waals surface area contributed by atoms with Crippen LogP contribution in [0, 0.1) is 0 Å². The van der Waals surface area contributed by atoms with Gasteiger partial charge in [-0.3, -0.25) is 0 Å². The Morgan fingerprint density at radius 3 is 1.58 bits per heavy atom. The fourth-order valence-electron chi connectivity index (χ4n) is 2.95. The molecule has 0 unspecified atom stereocenters. The van der Waals surface area contributed by atoms with Gasteiger partial charge < -0.3 is 9.47 Å². The summed E-state index contributed by atoms with van der Waals surface area (Å²) in [5, 5.41) is 0. The predicted molar refractivity (Wildman–Crippen MR) is 70.4 cm³/mol. The van der Waals surface area contributed by atoms with E-state index in [9.17, 15) is 9.59 Å². The minimum absolute atomic E-state index is 0.313. The number of esters is 2. The Balaban J connectivity index is 2.38. The highest BCUT2D eigenvalue weighted by molar-refractivity contribution is 5.99. The van der Waals surface area contributed by atoms with E-state index >= 15 is 0 Å². The van der Waals surface area contributed by atoms with Crippen LogP contribution in [0.15, 0.2) is 22.3 Å². The van der Waals surface area contributed by atoms with Crippen molar-refractivity contribution in [3.63, 3.8) is 0 Å². The molecule has 0 spiro atoms. The lowest BCUT2D eigenvalue weighted by Gasteiger charge is -2.15. The summed E-state index contributed by atoms with van der Waals surface area (Å²) in [4.78, 5) is 23.7. The van der Waals surface area contributed by atoms with Gasteiger partial charge in [-0.25, -0.2) is 9.59 Å². The van der Waals surface area contributed by atoms with Crippen molar-refractivity contribution in [2.75, 3.05) is 14.2 Å². The van der Waals surface area contributed by atoms with Gasteiger partial charge in [0.1, 0.15) is 0 Å². The van der Waals surface area contributed by atoms with Gasteiger partial charge in [-0.1, -0.05) is 12.8 Å². The standard InChI is InChI=1S/C15H20O4/c1-18-14(16)12-9-13(15(17)19-2)11-8-6-4-3-5-7-10(11)12/h3-9H2,1-2H3. The molecule has 2 aliphatic rings. The second-order valence-electron chi connectivity index (χ2n) is 4.99. The highest BCUT2D eigenvalue weighted by Gasteiger charge is 2.32. The van der Waals surface area contributed by atoms with Gasteiger partial charge in [0.25, 0.3) is 0 Å². The number of allylic oxidation sites excluding steroid dienone is 2. The van der Waals surface area contributed by atoms with Crippen molar-refractivity contribution in [2.45, 2.75) is 44.9 Å². The average Bonchev–Trinajstić information content (AvgIpc) is 2.74. The van der Waals surface area contributed by atoms with Gasteiger partial charge in [0.2, 0.25) is 0 Å². The molecule has 0 atom stereocenters. The van der Waals surface area contributed by atoms with E-state index < -0.39 is 0 Å². The number of rotatable bonds is 2. The number of hydrogen-bond donors (Lipinski definition) is 0. The molecule has 4 nitrogen and oxygen atoms in total. The quantitative estimate of drug-likeness (QED) is 0.719. The zero-order chi connectivity index (χ0) is 13.8. The summed E-state index contributed by atoms with van der Waals surface area (Å²) in [7, 11) is 2.77. The van der Waals surface area contributed by atoms with E-state index in [4.69, 9.17) is 9.47 Å². The smallest absolute Gasteiger partial charge is 0.334 e. The summed E-state index contributed by atoms with van der Waals surface area (Å²) < 4.78 is 9.68. The lowest BCUT2D eigenvalue weighted by Crippen LogP contribution is -2.08. The molecular weight excluding hydrogens is 244 g/mol. The number of carbonyl (C=O) groups is 2. The van der Waals surface area contributed by atoms with E-state index in [2.05, 4.69) is 0 Å². The first-order valence-corrected chi connectivity index (χ1v) is 6.80. The number of hydrogen-bond acceptors (Lipinski definition) is 4. The van der Waals surface area contributed by atoms with Crippen LogP contribution in [-0.2, 0) is 19.1 Å². The topological polar surface area (TPSA) is 52.6 Å². The molecular formula is C15H20O4. The summed E-state index contributed by atoms with van der Waals surface area (Å²) in [6, 6.07) is 0. The Morgan fingerprint density at radius 2 is 1.21 bits per heavy atom. The zero-order valence-corrected chi connectivity index (χ0v) is 11.6. The molecule has 0 aliphatic heterocycles. The summed E-state index contributed by atoms with van der Waals surface area (Å²) in [6.45, 7) is 0. The second kappa shape index (κ2) is 6.04. The molecule has 0 heterocycles. The molecule has 4 heteroatoms. The molecule has 0 aromatic carbocycles. The van der Waals surface area contributed by atoms with Crippen LogP contribution in [0.3, 0.4) is 0 Å². The SMILES string of the molecule is COC(=O)C1=C2CCCCCCC2=C(C(=O)OC)C1. The van der Waals surface area contributed by atoms with E-state index in [1.54, 1.807) is 0 Å². The van der Waals surface area contributed by atoms with Crippen molar-refractivity contribution in [2.24, 2.45) is 0 Å². The maximum atomic E-state index is 11.9. The molecule has 0 aromatic heterocycles. The second-order valence-corrected chi connectivity index (χ2v) is 4.99. The minimum Gasteiger partial charge on any atom is -0.466 e. The van der Waals surface area contributed by atoms with Crippen molar-refractivity contribution in [1.29, 1.82) is 0 Å². The van der Waals surface area contributed by atoms with Gasteiger partial charge in [-0.15, -0.1) is 0 Å². The molecule has 0 amide bonds. The molecule has 0 saturated heterocycles. The molecule has 1 fully saturated rings. The summed E-state index contributed by atoms with van der Waals surface area (Å²) in [5.41, 5.74) is 3.37. The summed E-state index contributed by atoms with van der Waals surface area (Å²) >= 11 is 0. The molecule has 1 saturated carbocycles. The highest BCUT2D eigenvalue weighted by Crippen LogP contribution is 2.40. The van der Waals surface area contributed by atoms with Crippen LogP contribution in [0.4, 0.5) is 0 Å². The Kier molecular flexibility index (Phi) is 4.40. The normalized spacial score (nSPS) is 19.7. The minimum atomic E-state index is -0.313. The molecule has 104 valence electrons. The van der Waals surface area contributed by atoms with Crippen molar-refractivity contribution in [3.8, 4) is 0 Å². The molecule has 0 aromatic rings. The molecule has 0 bridgehead atoms. The van der Waals surface area contributed by atoms with Gasteiger partial charge in [0.05, 0.1) is 14.2 Å². The fourth-order valence-corrected chi connectivity index (χ4v) is 2.95. The van der Waals surface area contributed by atoms with E-state index in [0.717, 1.165) is 36.8 Å². The molecule has 0 radical (unpaired) electrons. The Bertz CT molecular complexity index is 415. The van der Waals surface area contributed by atoms with Crippen molar-refractivity contribution in [3.05, 3.63) is 22.3 Å². The van der Waals surface area contributed by atoms with E-state index in [1.165, 1.54) is 27.1 Å². The lowest BCUT2D eigenvalue weighted by atomic mass is 9.91. The summed E-state index contributed by atoms with van der Waals surface area (Å²) in [5.74, 6) is -0.626. The molecule has 2 rings (SSSR count). The zero-order valence-electron chi connectivity index (χ0n) is 11.6. The third kappa shape index (κ3) is 2.72. The van der Waals surface area contributed by atoms with Gasteiger partial charge in [-0.2, -0.15) is 0 Å². The van der Waals surface area contributed by atoms with Crippen LogP contribution in [-0.4, -0.2) is 26.2 Å². The number of carbonyl (C=O) groups excluding carboxylic acids is 2. The highest BCUT2D eigenvalue weighted by atomic mass is 16.5. The Morgan fingerprint density at radius 1 is 0.789 bits per heavy atom. The van der Waals surface area contributed by atoms with Crippen molar-refractivity contribution < 1.29 is 19.1 Å². The Hall–Kier alpha value is -1.58. The predicted octanol–water partition coefficient (Wildman–Crippen LogP) is 2.68. The Labute approximate surface area is 113 Å². The first-order valence-electron chi connectivity index (χ1n) is 6.80. The van der Waals surface area contributed by atoms with Gasteiger partial charge in [-0.05, 0) is 36.8 Å². The third-order valence-electron chi connectivity index (χ3n) is 3.91. The summed E-state index contributed by atoms with van der Waals surface area (Å²) in [6.07, 6.45) is 6.57. The van der Waals surface area contributed by atoms with Crippen LogP contribution < -0.4 is 0 Å². The maximum Gasteiger partial charge on any atom is 0.334 e. The van der Waals surface area contributed by atoms with Crippen LogP contribution in [0.2, 0.25) is 0 Å². The van der Waals surface area contributed by atoms with Gasteiger partial charge in [0.15, 0.2) is 0 Å². The number of ether oxygens (including phenoxy) is 2. The number of methoxy groups -OCH3 is 2. The van der Waals surface area contributed by atoms with Gasteiger partial charge in [0, 0.05) is 17.6 Å². The maximum absolute atomic E-state index is 11.9. The van der Waals surface area contributed by atoms with Crippen molar-refractivity contribution >= 4 is 11.9 Å². The van der Waals surface area contributed by atoms with Gasteiger partial charge >= 0.3 is 11.9 Å². The van der Waals surface area contributed by atoms with Crippen molar-refractivity contribution in [1.82, 2.24) is 0 Å². The third-order valence-corrected chi connectivity index (χ3v) is 3.91. The first kappa shape index (κ1) is 13.8. The monoisotopic (exact) mass is 264 g/mol. The number of fused-ring (bicyclic) bond motifs is 1. The van der Waals surface area contributed by atoms with Crippen LogP contribution in [0.5, 0.6) is 0 Å². The van der Waals surface area contributed by atoms with E-state index in [1.807, 2.05) is 0 Å². The molecule has 0 N–H and O–H groups in total. The molecule has 2 aliphatic carbocycles. The van der Waals surface area contributed by atoms with Crippen LogP contribution >= 0.6 is 0 Å². The fraction of sp³-hybridized carbons (Fsp3) is 0.600. The first-order chi connectivity index (χ1) is 9.19. The molecule has 19 heavy (non-hydrogen) atoms. The van der Waals surface area contributed by atoms with Crippen LogP contribution in [0.1, 0.15) is 44.9 Å².